The zero-order chi connectivity index (χ0) is 32.7. The SMILES string of the molecule is COC(=O)c1cc(NC(=O)Nc2ccc(OC(=O)C(C)(C)C)c(OC)c2)ccc1OC(c1ccc(F)cc1)c1ccc(F)cc1. The molecule has 0 saturated carbocycles. The van der Waals surface area contributed by atoms with Gasteiger partial charge in [0.05, 0.1) is 19.6 Å². The highest BCUT2D eigenvalue weighted by Gasteiger charge is 2.25. The first kappa shape index (κ1) is 32.5. The number of esters is 2. The second kappa shape index (κ2) is 13.9. The van der Waals surface area contributed by atoms with Crippen LogP contribution in [0.2, 0.25) is 0 Å². The molecule has 0 aliphatic heterocycles. The van der Waals surface area contributed by atoms with Gasteiger partial charge < -0.3 is 29.6 Å². The molecule has 9 nitrogen and oxygen atoms in total. The fraction of sp³-hybridized carbons (Fsp3) is 0.206. The van der Waals surface area contributed by atoms with E-state index in [2.05, 4.69) is 10.6 Å². The second-order valence-electron chi connectivity index (χ2n) is 10.9. The molecule has 0 aromatic heterocycles. The van der Waals surface area contributed by atoms with Crippen molar-refractivity contribution in [2.24, 2.45) is 5.41 Å². The first-order valence-electron chi connectivity index (χ1n) is 13.8. The molecule has 2 N–H and O–H groups in total. The van der Waals surface area contributed by atoms with Gasteiger partial charge in [0.1, 0.15) is 29.1 Å². The molecule has 45 heavy (non-hydrogen) atoms. The van der Waals surface area contributed by atoms with Crippen molar-refractivity contribution in [3.05, 3.63) is 113 Å². The van der Waals surface area contributed by atoms with Gasteiger partial charge in [0.2, 0.25) is 0 Å². The van der Waals surface area contributed by atoms with Gasteiger partial charge in [-0.2, -0.15) is 0 Å². The average molecular weight is 619 g/mol. The van der Waals surface area contributed by atoms with Crippen LogP contribution in [0.1, 0.15) is 48.4 Å². The number of amides is 2. The van der Waals surface area contributed by atoms with Crippen LogP contribution in [0.3, 0.4) is 0 Å². The summed E-state index contributed by atoms with van der Waals surface area (Å²) >= 11 is 0. The normalized spacial score (nSPS) is 11.0. The quantitative estimate of drug-likeness (QED) is 0.147. The fourth-order valence-corrected chi connectivity index (χ4v) is 4.09. The Balaban J connectivity index is 1.55. The Kier molecular flexibility index (Phi) is 10.0. The zero-order valence-corrected chi connectivity index (χ0v) is 25.3. The third-order valence-electron chi connectivity index (χ3n) is 6.47. The predicted octanol–water partition coefficient (Wildman–Crippen LogP) is 7.52. The molecule has 0 saturated heterocycles. The summed E-state index contributed by atoms with van der Waals surface area (Å²) in [6, 6.07) is 19.4. The van der Waals surface area contributed by atoms with E-state index in [0.29, 0.717) is 16.8 Å². The number of benzene rings is 4. The standard InChI is InChI=1S/C34H32F2N2O7/c1-34(2,3)32(40)45-28-17-15-25(19-29(28)42-4)38-33(41)37-24-14-16-27(26(18-24)31(39)43-5)44-30(20-6-10-22(35)11-7-20)21-8-12-23(36)13-9-21/h6-19,30H,1-5H3,(H2,37,38,41). The van der Waals surface area contributed by atoms with Gasteiger partial charge >= 0.3 is 18.0 Å². The minimum Gasteiger partial charge on any atom is -0.493 e. The lowest BCUT2D eigenvalue weighted by molar-refractivity contribution is -0.143. The van der Waals surface area contributed by atoms with E-state index in [-0.39, 0.29) is 28.5 Å². The molecule has 0 aliphatic rings. The van der Waals surface area contributed by atoms with Gasteiger partial charge in [0, 0.05) is 17.4 Å². The first-order chi connectivity index (χ1) is 21.4. The highest BCUT2D eigenvalue weighted by molar-refractivity contribution is 6.01. The van der Waals surface area contributed by atoms with Crippen LogP contribution in [0.25, 0.3) is 0 Å². The third kappa shape index (κ3) is 8.35. The number of rotatable bonds is 9. The number of hydrogen-bond acceptors (Lipinski definition) is 7. The number of urea groups is 1. The van der Waals surface area contributed by atoms with Crippen LogP contribution in [-0.4, -0.2) is 32.2 Å². The van der Waals surface area contributed by atoms with Crippen LogP contribution in [0.5, 0.6) is 17.2 Å². The number of ether oxygens (including phenoxy) is 4. The third-order valence-corrected chi connectivity index (χ3v) is 6.47. The number of carbonyl (C=O) groups is 3. The van der Waals surface area contributed by atoms with Crippen molar-refractivity contribution >= 4 is 29.3 Å². The molecule has 11 heteroatoms. The van der Waals surface area contributed by atoms with Gasteiger partial charge in [-0.15, -0.1) is 0 Å². The van der Waals surface area contributed by atoms with E-state index in [1.54, 1.807) is 20.8 Å². The maximum Gasteiger partial charge on any atom is 0.341 e. The maximum absolute atomic E-state index is 13.7. The highest BCUT2D eigenvalue weighted by atomic mass is 19.1. The lowest BCUT2D eigenvalue weighted by atomic mass is 9.97. The Bertz CT molecular complexity index is 1640. The molecular weight excluding hydrogens is 586 g/mol. The van der Waals surface area contributed by atoms with E-state index in [9.17, 15) is 23.2 Å². The minimum atomic E-state index is -0.836. The van der Waals surface area contributed by atoms with Gasteiger partial charge in [-0.1, -0.05) is 24.3 Å². The zero-order valence-electron chi connectivity index (χ0n) is 25.3. The summed E-state index contributed by atoms with van der Waals surface area (Å²) in [5.41, 5.74) is 0.952. The molecule has 0 unspecified atom stereocenters. The lowest BCUT2D eigenvalue weighted by Crippen LogP contribution is -2.25. The number of hydrogen-bond donors (Lipinski definition) is 2. The molecule has 2 amide bonds. The molecule has 0 atom stereocenters. The van der Waals surface area contributed by atoms with E-state index in [0.717, 1.165) is 0 Å². The molecule has 4 rings (SSSR count). The van der Waals surface area contributed by atoms with Gasteiger partial charge in [-0.25, -0.2) is 18.4 Å². The van der Waals surface area contributed by atoms with Crippen LogP contribution in [-0.2, 0) is 9.53 Å². The van der Waals surface area contributed by atoms with Crippen LogP contribution in [0, 0.1) is 17.0 Å². The summed E-state index contributed by atoms with van der Waals surface area (Å²) < 4.78 is 49.3. The molecule has 0 bridgehead atoms. The smallest absolute Gasteiger partial charge is 0.341 e. The topological polar surface area (TPSA) is 112 Å². The highest BCUT2D eigenvalue weighted by Crippen LogP contribution is 2.34. The summed E-state index contributed by atoms with van der Waals surface area (Å²) in [6.07, 6.45) is -0.836. The maximum atomic E-state index is 13.7. The van der Waals surface area contributed by atoms with E-state index in [1.807, 2.05) is 0 Å². The van der Waals surface area contributed by atoms with Crippen molar-refractivity contribution < 1.29 is 42.1 Å². The summed E-state index contributed by atoms with van der Waals surface area (Å²) in [6.45, 7) is 5.17. The largest absolute Gasteiger partial charge is 0.493 e. The van der Waals surface area contributed by atoms with E-state index >= 15 is 0 Å². The number of nitrogens with one attached hydrogen (secondary N) is 2. The van der Waals surface area contributed by atoms with Gasteiger partial charge in [0.25, 0.3) is 0 Å². The lowest BCUT2D eigenvalue weighted by Gasteiger charge is -2.22. The van der Waals surface area contributed by atoms with Crippen LogP contribution < -0.4 is 24.8 Å². The molecule has 0 radical (unpaired) electrons. The first-order valence-corrected chi connectivity index (χ1v) is 13.8. The van der Waals surface area contributed by atoms with E-state index < -0.39 is 41.1 Å². The van der Waals surface area contributed by atoms with Crippen LogP contribution >= 0.6 is 0 Å². The Labute approximate surface area is 259 Å². The summed E-state index contributed by atoms with van der Waals surface area (Å²) in [5, 5.41) is 5.31. The van der Waals surface area contributed by atoms with Crippen molar-refractivity contribution in [1.29, 1.82) is 0 Å². The molecule has 0 aliphatic carbocycles. The Morgan fingerprint density at radius 3 is 1.69 bits per heavy atom. The van der Waals surface area contributed by atoms with Crippen LogP contribution in [0.15, 0.2) is 84.9 Å². The van der Waals surface area contributed by atoms with Gasteiger partial charge in [-0.05, 0) is 86.5 Å². The molecule has 234 valence electrons. The number of methoxy groups -OCH3 is 2. The van der Waals surface area contributed by atoms with E-state index in [1.165, 1.54) is 99.1 Å². The number of halogens is 2. The summed E-state index contributed by atoms with van der Waals surface area (Å²) in [4.78, 5) is 37.9. The predicted molar refractivity (Wildman–Crippen MR) is 164 cm³/mol. The minimum absolute atomic E-state index is 0.00351. The van der Waals surface area contributed by atoms with Crippen LogP contribution in [0.4, 0.5) is 25.0 Å². The second-order valence-corrected chi connectivity index (χ2v) is 10.9. The fourth-order valence-electron chi connectivity index (χ4n) is 4.09. The average Bonchev–Trinajstić information content (AvgIpc) is 3.01. The van der Waals surface area contributed by atoms with Crippen molar-refractivity contribution in [3.63, 3.8) is 0 Å². The number of anilines is 2. The molecule has 0 heterocycles. The van der Waals surface area contributed by atoms with Crippen molar-refractivity contribution in [2.45, 2.75) is 26.9 Å². The molecule has 0 fully saturated rings. The molecule has 0 spiro atoms. The van der Waals surface area contributed by atoms with E-state index in [4.69, 9.17) is 18.9 Å². The monoisotopic (exact) mass is 618 g/mol. The molecule has 4 aromatic rings. The van der Waals surface area contributed by atoms with Gasteiger partial charge in [0.15, 0.2) is 11.5 Å². The molecule has 4 aromatic carbocycles. The molecular formula is C34H32F2N2O7. The Hall–Kier alpha value is -5.45. The number of carbonyl (C=O) groups excluding carboxylic acids is 3. The van der Waals surface area contributed by atoms with Crippen molar-refractivity contribution in [1.82, 2.24) is 0 Å². The summed E-state index contributed by atoms with van der Waals surface area (Å²) in [5.74, 6) is -1.54. The summed E-state index contributed by atoms with van der Waals surface area (Å²) in [7, 11) is 2.61. The Morgan fingerprint density at radius 2 is 1.20 bits per heavy atom. The Morgan fingerprint density at radius 1 is 0.689 bits per heavy atom. The van der Waals surface area contributed by atoms with Gasteiger partial charge in [-0.3, -0.25) is 4.79 Å². The van der Waals surface area contributed by atoms with Crippen molar-refractivity contribution in [3.8, 4) is 17.2 Å². The van der Waals surface area contributed by atoms with Crippen molar-refractivity contribution in [2.75, 3.05) is 24.9 Å².